The first kappa shape index (κ1) is 18.8. The fraction of sp³-hybridized carbons (Fsp3) is 0.0870. The normalized spacial score (nSPS) is 13.1. The molecule has 0 aliphatic carbocycles. The number of carbonyl (C=O) groups excluding carboxylic acids is 1. The molecule has 31 heavy (non-hydrogen) atoms. The summed E-state index contributed by atoms with van der Waals surface area (Å²) in [7, 11) is 0. The molecule has 5 rings (SSSR count). The molecule has 2 heterocycles. The standard InChI is InChI=1S/C23H16FN3O4/c24-17-9-5-4-8-16(17)20(23-27-26-22(31-23)14-6-2-1-3-7-14)25-21(28)15-10-11-18-19(12-15)30-13-29-18/h1-12,20H,13H2,(H,25,28). The van der Waals surface area contributed by atoms with E-state index < -0.39 is 17.8 Å². The van der Waals surface area contributed by atoms with E-state index >= 15 is 0 Å². The lowest BCUT2D eigenvalue weighted by Crippen LogP contribution is -2.30. The average molecular weight is 417 g/mol. The molecule has 0 saturated carbocycles. The van der Waals surface area contributed by atoms with Gasteiger partial charge < -0.3 is 19.2 Å². The van der Waals surface area contributed by atoms with Crippen LogP contribution in [0.4, 0.5) is 4.39 Å². The lowest BCUT2D eigenvalue weighted by molar-refractivity contribution is 0.0937. The third kappa shape index (κ3) is 3.71. The van der Waals surface area contributed by atoms with Crippen molar-refractivity contribution in [1.29, 1.82) is 0 Å². The second kappa shape index (κ2) is 7.91. The second-order valence-electron chi connectivity index (χ2n) is 6.81. The van der Waals surface area contributed by atoms with E-state index in [1.165, 1.54) is 6.07 Å². The average Bonchev–Trinajstić information content (AvgIpc) is 3.48. The highest BCUT2D eigenvalue weighted by Gasteiger charge is 2.27. The summed E-state index contributed by atoms with van der Waals surface area (Å²) >= 11 is 0. The van der Waals surface area contributed by atoms with Crippen molar-refractivity contribution in [3.63, 3.8) is 0 Å². The molecule has 1 aliphatic rings. The van der Waals surface area contributed by atoms with Crippen LogP contribution < -0.4 is 14.8 Å². The molecule has 3 aromatic carbocycles. The lowest BCUT2D eigenvalue weighted by Gasteiger charge is -2.16. The maximum Gasteiger partial charge on any atom is 0.252 e. The van der Waals surface area contributed by atoms with E-state index in [-0.39, 0.29) is 24.1 Å². The minimum absolute atomic E-state index is 0.0676. The van der Waals surface area contributed by atoms with Crippen LogP contribution in [0, 0.1) is 5.82 Å². The maximum atomic E-state index is 14.6. The zero-order valence-electron chi connectivity index (χ0n) is 16.1. The molecule has 7 nitrogen and oxygen atoms in total. The van der Waals surface area contributed by atoms with E-state index in [1.807, 2.05) is 30.3 Å². The van der Waals surface area contributed by atoms with Crippen molar-refractivity contribution in [2.24, 2.45) is 0 Å². The highest BCUT2D eigenvalue weighted by molar-refractivity contribution is 5.95. The predicted molar refractivity (Wildman–Crippen MR) is 108 cm³/mol. The Morgan fingerprint density at radius 3 is 2.55 bits per heavy atom. The Hall–Kier alpha value is -4.20. The second-order valence-corrected chi connectivity index (χ2v) is 6.81. The highest BCUT2D eigenvalue weighted by Crippen LogP contribution is 2.33. The summed E-state index contributed by atoms with van der Waals surface area (Å²) in [5.41, 5.74) is 1.25. The Labute approximate surface area is 176 Å². The number of halogens is 1. The zero-order valence-corrected chi connectivity index (χ0v) is 16.1. The number of nitrogens with one attached hydrogen (secondary N) is 1. The van der Waals surface area contributed by atoms with Crippen LogP contribution in [0.15, 0.2) is 77.2 Å². The van der Waals surface area contributed by atoms with Crippen LogP contribution in [0.3, 0.4) is 0 Å². The number of benzene rings is 3. The van der Waals surface area contributed by atoms with Crippen molar-refractivity contribution in [3.05, 3.63) is 95.6 Å². The first-order valence-electron chi connectivity index (χ1n) is 9.53. The fourth-order valence-electron chi connectivity index (χ4n) is 3.28. The van der Waals surface area contributed by atoms with Crippen molar-refractivity contribution in [1.82, 2.24) is 15.5 Å². The Balaban J connectivity index is 1.49. The summed E-state index contributed by atoms with van der Waals surface area (Å²) in [4.78, 5) is 13.0. The molecule has 1 unspecified atom stereocenters. The molecular formula is C23H16FN3O4. The Morgan fingerprint density at radius 2 is 1.71 bits per heavy atom. The van der Waals surface area contributed by atoms with E-state index in [4.69, 9.17) is 13.9 Å². The van der Waals surface area contributed by atoms with Crippen LogP contribution in [-0.4, -0.2) is 22.9 Å². The number of hydrogen-bond acceptors (Lipinski definition) is 6. The molecule has 8 heteroatoms. The van der Waals surface area contributed by atoms with Gasteiger partial charge in [0.2, 0.25) is 18.6 Å². The number of nitrogens with zero attached hydrogens (tertiary/aromatic N) is 2. The van der Waals surface area contributed by atoms with Crippen LogP contribution in [0.1, 0.15) is 27.9 Å². The van der Waals surface area contributed by atoms with Crippen LogP contribution in [0.5, 0.6) is 11.5 Å². The molecule has 1 aliphatic heterocycles. The molecule has 0 radical (unpaired) electrons. The Morgan fingerprint density at radius 1 is 0.935 bits per heavy atom. The molecule has 0 spiro atoms. The third-order valence-electron chi connectivity index (χ3n) is 4.83. The van der Waals surface area contributed by atoms with E-state index in [1.54, 1.807) is 36.4 Å². The highest BCUT2D eigenvalue weighted by atomic mass is 19.1. The molecule has 4 aromatic rings. The van der Waals surface area contributed by atoms with Gasteiger partial charge in [0.25, 0.3) is 5.91 Å². The van der Waals surface area contributed by atoms with Gasteiger partial charge in [-0.1, -0.05) is 36.4 Å². The van der Waals surface area contributed by atoms with Gasteiger partial charge in [0.15, 0.2) is 11.5 Å². The van der Waals surface area contributed by atoms with E-state index in [0.717, 1.165) is 5.56 Å². The summed E-state index contributed by atoms with van der Waals surface area (Å²) in [6.07, 6.45) is 0. The Kier molecular flexibility index (Phi) is 4.80. The van der Waals surface area contributed by atoms with Gasteiger partial charge in [-0.2, -0.15) is 0 Å². The molecular weight excluding hydrogens is 401 g/mol. The van der Waals surface area contributed by atoms with Gasteiger partial charge in [0.05, 0.1) is 0 Å². The van der Waals surface area contributed by atoms with Gasteiger partial charge in [-0.3, -0.25) is 4.79 Å². The van der Waals surface area contributed by atoms with E-state index in [2.05, 4.69) is 15.5 Å². The summed E-state index contributed by atoms with van der Waals surface area (Å²) in [5, 5.41) is 10.9. The number of fused-ring (bicyclic) bond motifs is 1. The van der Waals surface area contributed by atoms with E-state index in [0.29, 0.717) is 17.1 Å². The SMILES string of the molecule is O=C(NC(c1nnc(-c2ccccc2)o1)c1ccccc1F)c1ccc2c(c1)OCO2. The number of ether oxygens (including phenoxy) is 2. The maximum absolute atomic E-state index is 14.6. The first-order valence-corrected chi connectivity index (χ1v) is 9.53. The van der Waals surface area contributed by atoms with Crippen LogP contribution in [-0.2, 0) is 0 Å². The van der Waals surface area contributed by atoms with Crippen molar-refractivity contribution < 1.29 is 23.1 Å². The minimum Gasteiger partial charge on any atom is -0.454 e. The summed E-state index contributed by atoms with van der Waals surface area (Å²) < 4.78 is 31.0. The molecule has 1 amide bonds. The monoisotopic (exact) mass is 417 g/mol. The zero-order chi connectivity index (χ0) is 21.2. The number of amides is 1. The first-order chi connectivity index (χ1) is 15.2. The lowest BCUT2D eigenvalue weighted by atomic mass is 10.1. The third-order valence-corrected chi connectivity index (χ3v) is 4.83. The van der Waals surface area contributed by atoms with Crippen molar-refractivity contribution >= 4 is 5.91 Å². The molecule has 1 aromatic heterocycles. The number of hydrogen-bond donors (Lipinski definition) is 1. The topological polar surface area (TPSA) is 86.5 Å². The smallest absolute Gasteiger partial charge is 0.252 e. The van der Waals surface area contributed by atoms with Crippen LogP contribution >= 0.6 is 0 Å². The van der Waals surface area contributed by atoms with E-state index in [9.17, 15) is 9.18 Å². The van der Waals surface area contributed by atoms with Crippen molar-refractivity contribution in [3.8, 4) is 23.0 Å². The summed E-state index contributed by atoms with van der Waals surface area (Å²) in [5.74, 6) is 0.419. The van der Waals surface area contributed by atoms with Gasteiger partial charge in [-0.15, -0.1) is 10.2 Å². The molecule has 1 atom stereocenters. The van der Waals surface area contributed by atoms with Crippen LogP contribution in [0.25, 0.3) is 11.5 Å². The van der Waals surface area contributed by atoms with Crippen molar-refractivity contribution in [2.75, 3.05) is 6.79 Å². The largest absolute Gasteiger partial charge is 0.454 e. The fourth-order valence-corrected chi connectivity index (χ4v) is 3.28. The minimum atomic E-state index is -0.982. The molecule has 0 bridgehead atoms. The van der Waals surface area contributed by atoms with Gasteiger partial charge in [-0.25, -0.2) is 4.39 Å². The number of carbonyl (C=O) groups is 1. The van der Waals surface area contributed by atoms with Gasteiger partial charge in [-0.05, 0) is 36.4 Å². The number of aromatic nitrogens is 2. The molecule has 0 fully saturated rings. The van der Waals surface area contributed by atoms with Crippen LogP contribution in [0.2, 0.25) is 0 Å². The Bertz CT molecular complexity index is 1240. The molecule has 0 saturated heterocycles. The summed E-state index contributed by atoms with van der Waals surface area (Å²) in [6, 6.07) is 19.1. The predicted octanol–water partition coefficient (Wildman–Crippen LogP) is 4.12. The molecule has 154 valence electrons. The quantitative estimate of drug-likeness (QED) is 0.526. The van der Waals surface area contributed by atoms with Gasteiger partial charge in [0, 0.05) is 16.7 Å². The summed E-state index contributed by atoms with van der Waals surface area (Å²) in [6.45, 7) is 0.0997. The molecule has 1 N–H and O–H groups in total. The van der Waals surface area contributed by atoms with Gasteiger partial charge in [0.1, 0.15) is 11.9 Å². The number of rotatable bonds is 5. The van der Waals surface area contributed by atoms with Crippen molar-refractivity contribution in [2.45, 2.75) is 6.04 Å². The van der Waals surface area contributed by atoms with Gasteiger partial charge >= 0.3 is 0 Å².